The van der Waals surface area contributed by atoms with Gasteiger partial charge >= 0.3 is 0 Å². The number of Topliss-reactive ketones (excluding diaryl/α,β-unsaturated/α-hetero) is 1. The van der Waals surface area contributed by atoms with Crippen LogP contribution in [0, 0.1) is 11.8 Å². The van der Waals surface area contributed by atoms with Crippen molar-refractivity contribution in [2.75, 3.05) is 19.9 Å². The Labute approximate surface area is 167 Å². The van der Waals surface area contributed by atoms with Crippen LogP contribution in [0.4, 0.5) is 0 Å². The Bertz CT molecular complexity index is 915. The van der Waals surface area contributed by atoms with Gasteiger partial charge in [0.25, 0.3) is 0 Å². The Morgan fingerprint density at radius 3 is 2.64 bits per heavy atom. The number of hydrogen-bond donors (Lipinski definition) is 1. The van der Waals surface area contributed by atoms with Crippen LogP contribution in [0.5, 0.6) is 17.2 Å². The van der Waals surface area contributed by atoms with Crippen molar-refractivity contribution in [1.29, 1.82) is 0 Å². The van der Waals surface area contributed by atoms with Gasteiger partial charge < -0.3 is 19.5 Å². The molecule has 1 amide bonds. The third-order valence-electron chi connectivity index (χ3n) is 3.90. The first-order chi connectivity index (χ1) is 13.6. The van der Waals surface area contributed by atoms with Crippen LogP contribution < -0.4 is 19.5 Å². The predicted molar refractivity (Wildman–Crippen MR) is 104 cm³/mol. The van der Waals surface area contributed by atoms with Crippen LogP contribution in [0.25, 0.3) is 0 Å². The summed E-state index contributed by atoms with van der Waals surface area (Å²) in [5.74, 6) is 7.25. The normalized spacial score (nSPS) is 11.3. The third-order valence-corrected chi connectivity index (χ3v) is 4.15. The fraction of sp³-hybridized carbons (Fsp3) is 0.238. The van der Waals surface area contributed by atoms with E-state index < -0.39 is 0 Å². The van der Waals surface area contributed by atoms with Crippen molar-refractivity contribution in [3.63, 3.8) is 0 Å². The van der Waals surface area contributed by atoms with Crippen LogP contribution in [-0.4, -0.2) is 31.6 Å². The molecule has 2 aromatic rings. The molecule has 0 aliphatic carbocycles. The maximum Gasteiger partial charge on any atom is 0.231 e. The van der Waals surface area contributed by atoms with Crippen molar-refractivity contribution < 1.29 is 23.8 Å². The standard InChI is InChI=1S/C21H18ClNO5/c22-16-5-3-15(4-6-16)18(24)8-10-21(25)23-11-1-2-12-26-17-7-9-19-20(13-17)28-14-27-19/h3-7,9,13H,8,10-12,14H2,(H,23,25). The first-order valence-corrected chi connectivity index (χ1v) is 9.03. The van der Waals surface area contributed by atoms with E-state index in [0.29, 0.717) is 27.8 Å². The zero-order valence-corrected chi connectivity index (χ0v) is 15.8. The summed E-state index contributed by atoms with van der Waals surface area (Å²) < 4.78 is 16.0. The van der Waals surface area contributed by atoms with Gasteiger partial charge in [-0.3, -0.25) is 9.59 Å². The van der Waals surface area contributed by atoms with Crippen molar-refractivity contribution in [2.24, 2.45) is 0 Å². The van der Waals surface area contributed by atoms with E-state index in [-0.39, 0.29) is 44.5 Å². The minimum absolute atomic E-state index is 0.102. The van der Waals surface area contributed by atoms with Crippen molar-refractivity contribution >= 4 is 23.3 Å². The Hall–Kier alpha value is -3.17. The molecule has 2 aromatic carbocycles. The van der Waals surface area contributed by atoms with Gasteiger partial charge in [0.15, 0.2) is 17.3 Å². The van der Waals surface area contributed by atoms with Crippen LogP contribution in [0.15, 0.2) is 42.5 Å². The molecule has 1 heterocycles. The van der Waals surface area contributed by atoms with E-state index in [4.69, 9.17) is 25.8 Å². The molecule has 1 aliphatic rings. The van der Waals surface area contributed by atoms with Gasteiger partial charge in [-0.05, 0) is 36.4 Å². The molecule has 3 rings (SSSR count). The second kappa shape index (κ2) is 9.67. The third kappa shape index (κ3) is 5.66. The predicted octanol–water partition coefficient (Wildman–Crippen LogP) is 3.23. The summed E-state index contributed by atoms with van der Waals surface area (Å²) >= 11 is 5.79. The molecule has 0 saturated heterocycles. The molecule has 1 aliphatic heterocycles. The second-order valence-electron chi connectivity index (χ2n) is 5.86. The average molecular weight is 400 g/mol. The molecule has 1 N–H and O–H groups in total. The van der Waals surface area contributed by atoms with Crippen LogP contribution in [0.2, 0.25) is 5.02 Å². The molecule has 0 bridgehead atoms. The fourth-order valence-electron chi connectivity index (χ4n) is 2.44. The van der Waals surface area contributed by atoms with E-state index in [1.165, 1.54) is 0 Å². The molecule has 0 atom stereocenters. The molecular formula is C21H18ClNO5. The molecular weight excluding hydrogens is 382 g/mol. The topological polar surface area (TPSA) is 73.9 Å². The highest BCUT2D eigenvalue weighted by Crippen LogP contribution is 2.34. The summed E-state index contributed by atoms with van der Waals surface area (Å²) in [5, 5.41) is 3.22. The van der Waals surface area contributed by atoms with Crippen LogP contribution in [-0.2, 0) is 4.79 Å². The molecule has 0 spiro atoms. The summed E-state index contributed by atoms with van der Waals surface area (Å²) in [5.41, 5.74) is 0.539. The minimum atomic E-state index is -0.228. The maximum atomic E-state index is 12.0. The quantitative estimate of drug-likeness (QED) is 0.571. The number of ether oxygens (including phenoxy) is 3. The Kier molecular flexibility index (Phi) is 6.77. The molecule has 0 unspecified atom stereocenters. The number of halogens is 1. The Morgan fingerprint density at radius 1 is 1.04 bits per heavy atom. The minimum Gasteiger partial charge on any atom is -0.481 e. The number of nitrogens with one attached hydrogen (secondary N) is 1. The Morgan fingerprint density at radius 2 is 1.82 bits per heavy atom. The van der Waals surface area contributed by atoms with Gasteiger partial charge in [0.1, 0.15) is 12.4 Å². The lowest BCUT2D eigenvalue weighted by atomic mass is 10.1. The van der Waals surface area contributed by atoms with Gasteiger partial charge in [0.2, 0.25) is 12.7 Å². The highest BCUT2D eigenvalue weighted by atomic mass is 35.5. The number of carbonyl (C=O) groups is 2. The maximum absolute atomic E-state index is 12.0. The van der Waals surface area contributed by atoms with E-state index in [1.54, 1.807) is 42.5 Å². The molecule has 0 aromatic heterocycles. The SMILES string of the molecule is O=C(CCC(=O)c1ccc(Cl)cc1)NCC#CCOc1ccc2c(c1)OCO2. The van der Waals surface area contributed by atoms with Crippen molar-refractivity contribution in [1.82, 2.24) is 5.32 Å². The summed E-state index contributed by atoms with van der Waals surface area (Å²) in [4.78, 5) is 23.8. The highest BCUT2D eigenvalue weighted by molar-refractivity contribution is 6.30. The van der Waals surface area contributed by atoms with Gasteiger partial charge in [-0.1, -0.05) is 23.4 Å². The molecule has 144 valence electrons. The summed E-state index contributed by atoms with van der Waals surface area (Å²) in [6, 6.07) is 11.9. The van der Waals surface area contributed by atoms with Crippen molar-refractivity contribution in [2.45, 2.75) is 12.8 Å². The zero-order chi connectivity index (χ0) is 19.8. The number of fused-ring (bicyclic) bond motifs is 1. The summed E-state index contributed by atoms with van der Waals surface area (Å²) in [7, 11) is 0. The highest BCUT2D eigenvalue weighted by Gasteiger charge is 2.13. The summed E-state index contributed by atoms with van der Waals surface area (Å²) in [6.07, 6.45) is 0.241. The van der Waals surface area contributed by atoms with Gasteiger partial charge in [0.05, 0.1) is 6.54 Å². The largest absolute Gasteiger partial charge is 0.481 e. The lowest BCUT2D eigenvalue weighted by Gasteiger charge is -2.03. The summed E-state index contributed by atoms with van der Waals surface area (Å²) in [6.45, 7) is 0.590. The first-order valence-electron chi connectivity index (χ1n) is 8.65. The van der Waals surface area contributed by atoms with Crippen molar-refractivity contribution in [3.05, 3.63) is 53.1 Å². The van der Waals surface area contributed by atoms with E-state index in [2.05, 4.69) is 17.2 Å². The number of hydrogen-bond acceptors (Lipinski definition) is 5. The van der Waals surface area contributed by atoms with E-state index in [9.17, 15) is 9.59 Å². The van der Waals surface area contributed by atoms with Gasteiger partial charge in [-0.25, -0.2) is 0 Å². The van der Waals surface area contributed by atoms with Crippen molar-refractivity contribution in [3.8, 4) is 29.1 Å². The zero-order valence-electron chi connectivity index (χ0n) is 15.0. The molecule has 0 radical (unpaired) electrons. The van der Waals surface area contributed by atoms with Gasteiger partial charge in [-0.15, -0.1) is 0 Å². The van der Waals surface area contributed by atoms with Crippen LogP contribution in [0.3, 0.4) is 0 Å². The molecule has 0 saturated carbocycles. The van der Waals surface area contributed by atoms with Gasteiger partial charge in [-0.2, -0.15) is 0 Å². The smallest absolute Gasteiger partial charge is 0.231 e. The second-order valence-corrected chi connectivity index (χ2v) is 6.30. The molecule has 6 nitrogen and oxygen atoms in total. The Balaban J connectivity index is 1.32. The number of amides is 1. The first kappa shape index (κ1) is 19.6. The average Bonchev–Trinajstić information content (AvgIpc) is 3.17. The number of ketones is 1. The van der Waals surface area contributed by atoms with Crippen LogP contribution in [0.1, 0.15) is 23.2 Å². The molecule has 28 heavy (non-hydrogen) atoms. The van der Waals surface area contributed by atoms with E-state index in [0.717, 1.165) is 0 Å². The monoisotopic (exact) mass is 399 g/mol. The van der Waals surface area contributed by atoms with E-state index in [1.807, 2.05) is 0 Å². The fourth-order valence-corrected chi connectivity index (χ4v) is 2.56. The number of carbonyl (C=O) groups excluding carboxylic acids is 2. The molecule has 0 fully saturated rings. The molecule has 7 heteroatoms. The lowest BCUT2D eigenvalue weighted by molar-refractivity contribution is -0.120. The van der Waals surface area contributed by atoms with E-state index >= 15 is 0 Å². The van der Waals surface area contributed by atoms with Crippen LogP contribution >= 0.6 is 11.6 Å². The number of benzene rings is 2. The lowest BCUT2D eigenvalue weighted by Crippen LogP contribution is -2.24. The van der Waals surface area contributed by atoms with Gasteiger partial charge in [0, 0.05) is 29.5 Å². The number of rotatable bonds is 7.